The highest BCUT2D eigenvalue weighted by atomic mass is 15.0. The Bertz CT molecular complexity index is 503. The lowest BCUT2D eigenvalue weighted by Crippen LogP contribution is -2.00. The fraction of sp³-hybridized carbons (Fsp3) is 0.333. The van der Waals surface area contributed by atoms with Gasteiger partial charge in [-0.3, -0.25) is 4.98 Å². The molecule has 18 heavy (non-hydrogen) atoms. The lowest BCUT2D eigenvalue weighted by atomic mass is 10.0. The normalized spacial score (nSPS) is 10.7. The lowest BCUT2D eigenvalue weighted by Gasteiger charge is -2.07. The summed E-state index contributed by atoms with van der Waals surface area (Å²) in [6.45, 7) is 7.29. The first kappa shape index (κ1) is 12.6. The number of benzene rings is 1. The van der Waals surface area contributed by atoms with Crippen LogP contribution in [0.3, 0.4) is 0 Å². The largest absolute Gasteiger partial charge is 0.369 e. The van der Waals surface area contributed by atoms with Gasteiger partial charge in [-0.05, 0) is 18.4 Å². The van der Waals surface area contributed by atoms with E-state index in [0.29, 0.717) is 5.92 Å². The Hall–Kier alpha value is -1.90. The minimum atomic E-state index is 0.554. The summed E-state index contributed by atoms with van der Waals surface area (Å²) in [5.74, 6) is 1.38. The first-order chi connectivity index (χ1) is 8.70. The van der Waals surface area contributed by atoms with Gasteiger partial charge in [-0.25, -0.2) is 4.98 Å². The second kappa shape index (κ2) is 5.63. The molecule has 0 aliphatic heterocycles. The third kappa shape index (κ3) is 2.86. The second-order valence-corrected chi connectivity index (χ2v) is 4.60. The Labute approximate surface area is 108 Å². The van der Waals surface area contributed by atoms with Crippen LogP contribution in [0, 0.1) is 0 Å². The predicted octanol–water partition coefficient (Wildman–Crippen LogP) is 3.70. The van der Waals surface area contributed by atoms with Crippen molar-refractivity contribution in [3.05, 3.63) is 42.2 Å². The monoisotopic (exact) mass is 241 g/mol. The van der Waals surface area contributed by atoms with Crippen molar-refractivity contribution in [3.8, 4) is 11.3 Å². The average Bonchev–Trinajstić information content (AvgIpc) is 2.39. The van der Waals surface area contributed by atoms with E-state index in [2.05, 4.69) is 53.4 Å². The van der Waals surface area contributed by atoms with Gasteiger partial charge in [-0.2, -0.15) is 0 Å². The van der Waals surface area contributed by atoms with E-state index in [1.807, 2.05) is 6.92 Å². The predicted molar refractivity (Wildman–Crippen MR) is 75.7 cm³/mol. The molecule has 0 saturated heterocycles. The van der Waals surface area contributed by atoms with E-state index in [9.17, 15) is 0 Å². The number of rotatable bonds is 4. The minimum absolute atomic E-state index is 0.554. The molecule has 3 heteroatoms. The Kier molecular flexibility index (Phi) is 3.92. The maximum Gasteiger partial charge on any atom is 0.145 e. The van der Waals surface area contributed by atoms with Crippen molar-refractivity contribution in [3.63, 3.8) is 0 Å². The highest BCUT2D eigenvalue weighted by molar-refractivity contribution is 5.60. The van der Waals surface area contributed by atoms with Gasteiger partial charge in [0.1, 0.15) is 5.82 Å². The maximum absolute atomic E-state index is 4.53. The molecule has 0 radical (unpaired) electrons. The smallest absolute Gasteiger partial charge is 0.145 e. The summed E-state index contributed by atoms with van der Waals surface area (Å²) >= 11 is 0. The molecule has 2 aromatic rings. The summed E-state index contributed by atoms with van der Waals surface area (Å²) in [6.07, 6.45) is 3.54. The van der Waals surface area contributed by atoms with Crippen molar-refractivity contribution in [1.29, 1.82) is 0 Å². The Morgan fingerprint density at radius 1 is 1.11 bits per heavy atom. The van der Waals surface area contributed by atoms with Crippen molar-refractivity contribution in [2.75, 3.05) is 11.9 Å². The van der Waals surface area contributed by atoms with Crippen LogP contribution < -0.4 is 5.32 Å². The van der Waals surface area contributed by atoms with Gasteiger partial charge in [-0.1, -0.05) is 38.1 Å². The molecule has 1 N–H and O–H groups in total. The molecule has 94 valence electrons. The zero-order chi connectivity index (χ0) is 13.0. The number of hydrogen-bond acceptors (Lipinski definition) is 3. The van der Waals surface area contributed by atoms with Crippen LogP contribution in [0.25, 0.3) is 11.3 Å². The lowest BCUT2D eigenvalue weighted by molar-refractivity contribution is 0.867. The van der Waals surface area contributed by atoms with E-state index in [0.717, 1.165) is 23.6 Å². The number of nitrogens with zero attached hydrogens (tertiary/aromatic N) is 2. The summed E-state index contributed by atoms with van der Waals surface area (Å²) < 4.78 is 0. The number of aromatic nitrogens is 2. The van der Waals surface area contributed by atoms with Gasteiger partial charge < -0.3 is 5.32 Å². The van der Waals surface area contributed by atoms with Gasteiger partial charge in [0.05, 0.1) is 18.1 Å². The number of nitrogens with one attached hydrogen (secondary N) is 1. The molecule has 1 aromatic heterocycles. The van der Waals surface area contributed by atoms with Gasteiger partial charge in [0, 0.05) is 12.1 Å². The first-order valence-corrected chi connectivity index (χ1v) is 6.37. The third-order valence-corrected chi connectivity index (χ3v) is 2.87. The minimum Gasteiger partial charge on any atom is -0.369 e. The number of hydrogen-bond donors (Lipinski definition) is 1. The maximum atomic E-state index is 4.53. The fourth-order valence-corrected chi connectivity index (χ4v) is 1.81. The Balaban J connectivity index is 2.27. The summed E-state index contributed by atoms with van der Waals surface area (Å²) in [7, 11) is 0. The van der Waals surface area contributed by atoms with Crippen LogP contribution in [-0.4, -0.2) is 16.5 Å². The van der Waals surface area contributed by atoms with E-state index >= 15 is 0 Å². The molecule has 0 atom stereocenters. The van der Waals surface area contributed by atoms with Crippen molar-refractivity contribution < 1.29 is 0 Å². The summed E-state index contributed by atoms with van der Waals surface area (Å²) in [5.41, 5.74) is 3.35. The van der Waals surface area contributed by atoms with Gasteiger partial charge in [-0.15, -0.1) is 0 Å². The molecule has 1 heterocycles. The van der Waals surface area contributed by atoms with Gasteiger partial charge in [0.2, 0.25) is 0 Å². The highest BCUT2D eigenvalue weighted by Gasteiger charge is 2.03. The SMILES string of the molecule is CCNc1cncc(-c2ccc(C(C)C)cc2)n1. The van der Waals surface area contributed by atoms with Crippen molar-refractivity contribution in [2.24, 2.45) is 0 Å². The molecule has 0 fully saturated rings. The molecule has 0 amide bonds. The van der Waals surface area contributed by atoms with E-state index in [1.165, 1.54) is 5.56 Å². The molecule has 3 nitrogen and oxygen atoms in total. The fourth-order valence-electron chi connectivity index (χ4n) is 1.81. The summed E-state index contributed by atoms with van der Waals surface area (Å²) in [5, 5.41) is 3.17. The zero-order valence-electron chi connectivity index (χ0n) is 11.1. The van der Waals surface area contributed by atoms with Crippen molar-refractivity contribution in [1.82, 2.24) is 9.97 Å². The van der Waals surface area contributed by atoms with Crippen LogP contribution in [0.1, 0.15) is 32.3 Å². The Morgan fingerprint density at radius 3 is 2.44 bits per heavy atom. The molecule has 0 spiro atoms. The second-order valence-electron chi connectivity index (χ2n) is 4.60. The van der Waals surface area contributed by atoms with E-state index in [1.54, 1.807) is 12.4 Å². The van der Waals surface area contributed by atoms with Crippen LogP contribution in [0.15, 0.2) is 36.7 Å². The summed E-state index contributed by atoms with van der Waals surface area (Å²) in [6, 6.07) is 8.52. The quantitative estimate of drug-likeness (QED) is 0.887. The van der Waals surface area contributed by atoms with E-state index in [-0.39, 0.29) is 0 Å². The van der Waals surface area contributed by atoms with Gasteiger partial charge in [0.15, 0.2) is 0 Å². The molecule has 1 aromatic carbocycles. The standard InChI is InChI=1S/C15H19N3/c1-4-17-15-10-16-9-14(18-15)13-7-5-12(6-8-13)11(2)3/h5-11H,4H2,1-3H3,(H,17,18). The van der Waals surface area contributed by atoms with Crippen molar-refractivity contribution >= 4 is 5.82 Å². The molecule has 0 unspecified atom stereocenters. The summed E-state index contributed by atoms with van der Waals surface area (Å²) in [4.78, 5) is 8.75. The molecule has 0 saturated carbocycles. The van der Waals surface area contributed by atoms with Crippen molar-refractivity contribution in [2.45, 2.75) is 26.7 Å². The number of anilines is 1. The highest BCUT2D eigenvalue weighted by Crippen LogP contribution is 2.21. The molecule has 0 aliphatic carbocycles. The van der Waals surface area contributed by atoms with Gasteiger partial charge >= 0.3 is 0 Å². The van der Waals surface area contributed by atoms with Crippen LogP contribution in [0.2, 0.25) is 0 Å². The molecule has 0 aliphatic rings. The Morgan fingerprint density at radius 2 is 1.83 bits per heavy atom. The first-order valence-electron chi connectivity index (χ1n) is 6.37. The van der Waals surface area contributed by atoms with Gasteiger partial charge in [0.25, 0.3) is 0 Å². The van der Waals surface area contributed by atoms with Crippen LogP contribution in [0.5, 0.6) is 0 Å². The molecule has 2 rings (SSSR count). The molecular weight excluding hydrogens is 222 g/mol. The third-order valence-electron chi connectivity index (χ3n) is 2.87. The van der Waals surface area contributed by atoms with Crippen LogP contribution >= 0.6 is 0 Å². The van der Waals surface area contributed by atoms with Crippen LogP contribution in [0.4, 0.5) is 5.82 Å². The zero-order valence-corrected chi connectivity index (χ0v) is 11.1. The van der Waals surface area contributed by atoms with E-state index in [4.69, 9.17) is 0 Å². The molecular formula is C15H19N3. The topological polar surface area (TPSA) is 37.8 Å². The van der Waals surface area contributed by atoms with Crippen LogP contribution in [-0.2, 0) is 0 Å². The average molecular weight is 241 g/mol. The molecule has 0 bridgehead atoms. The van der Waals surface area contributed by atoms with E-state index < -0.39 is 0 Å².